The SMILES string of the molecule is CCNC(=NCc1ccc([N+](=O)[O-])cc1)NCc1ccc(C)cc1OCCCOC. The van der Waals surface area contributed by atoms with E-state index in [1.54, 1.807) is 19.2 Å². The fourth-order valence-electron chi connectivity index (χ4n) is 2.74. The van der Waals surface area contributed by atoms with Crippen LogP contribution in [-0.4, -0.2) is 37.8 Å². The molecule has 8 nitrogen and oxygen atoms in total. The molecule has 8 heteroatoms. The van der Waals surface area contributed by atoms with Gasteiger partial charge in [-0.3, -0.25) is 10.1 Å². The number of nitrogens with zero attached hydrogens (tertiary/aromatic N) is 2. The van der Waals surface area contributed by atoms with Gasteiger partial charge in [0.2, 0.25) is 0 Å². The van der Waals surface area contributed by atoms with Crippen LogP contribution >= 0.6 is 0 Å². The molecule has 2 aromatic rings. The van der Waals surface area contributed by atoms with Crippen LogP contribution in [0.15, 0.2) is 47.5 Å². The molecule has 2 rings (SSSR count). The van der Waals surface area contributed by atoms with Gasteiger partial charge in [0.05, 0.1) is 18.1 Å². The first kappa shape index (κ1) is 23.2. The lowest BCUT2D eigenvalue weighted by Crippen LogP contribution is -2.36. The molecule has 2 aromatic carbocycles. The van der Waals surface area contributed by atoms with Crippen LogP contribution < -0.4 is 15.4 Å². The molecule has 0 atom stereocenters. The van der Waals surface area contributed by atoms with Crippen LogP contribution in [0.25, 0.3) is 0 Å². The molecule has 0 amide bonds. The van der Waals surface area contributed by atoms with Gasteiger partial charge < -0.3 is 20.1 Å². The third-order valence-corrected chi connectivity index (χ3v) is 4.33. The second-order valence-corrected chi connectivity index (χ2v) is 6.78. The maximum atomic E-state index is 10.8. The molecule has 0 radical (unpaired) electrons. The van der Waals surface area contributed by atoms with Crippen LogP contribution in [0.4, 0.5) is 5.69 Å². The summed E-state index contributed by atoms with van der Waals surface area (Å²) in [6, 6.07) is 12.6. The minimum absolute atomic E-state index is 0.0742. The van der Waals surface area contributed by atoms with Gasteiger partial charge in [-0.25, -0.2) is 4.99 Å². The molecule has 0 unspecified atom stereocenters. The molecule has 0 aliphatic heterocycles. The van der Waals surface area contributed by atoms with Crippen molar-refractivity contribution in [3.8, 4) is 5.75 Å². The van der Waals surface area contributed by atoms with Crippen molar-refractivity contribution in [2.75, 3.05) is 26.9 Å². The van der Waals surface area contributed by atoms with Gasteiger partial charge in [-0.05, 0) is 31.0 Å². The second-order valence-electron chi connectivity index (χ2n) is 6.78. The van der Waals surface area contributed by atoms with E-state index >= 15 is 0 Å². The van der Waals surface area contributed by atoms with Crippen molar-refractivity contribution < 1.29 is 14.4 Å². The van der Waals surface area contributed by atoms with Crippen molar-refractivity contribution in [1.82, 2.24) is 10.6 Å². The van der Waals surface area contributed by atoms with Crippen LogP contribution in [0.1, 0.15) is 30.0 Å². The largest absolute Gasteiger partial charge is 0.493 e. The Hall–Kier alpha value is -3.13. The van der Waals surface area contributed by atoms with Gasteiger partial charge in [-0.1, -0.05) is 24.3 Å². The van der Waals surface area contributed by atoms with Crippen LogP contribution in [-0.2, 0) is 17.8 Å². The summed E-state index contributed by atoms with van der Waals surface area (Å²) in [5, 5.41) is 17.3. The number of methoxy groups -OCH3 is 1. The Morgan fingerprint density at radius 3 is 2.57 bits per heavy atom. The van der Waals surface area contributed by atoms with E-state index in [0.29, 0.717) is 32.3 Å². The Kier molecular flexibility index (Phi) is 9.60. The summed E-state index contributed by atoms with van der Waals surface area (Å²) in [7, 11) is 1.68. The number of ether oxygens (including phenoxy) is 2. The maximum Gasteiger partial charge on any atom is 0.269 e. The van der Waals surface area contributed by atoms with E-state index in [-0.39, 0.29) is 5.69 Å². The average molecular weight is 415 g/mol. The number of non-ortho nitro benzene ring substituents is 1. The highest BCUT2D eigenvalue weighted by Gasteiger charge is 2.07. The summed E-state index contributed by atoms with van der Waals surface area (Å²) in [4.78, 5) is 14.9. The number of hydrogen-bond acceptors (Lipinski definition) is 5. The van der Waals surface area contributed by atoms with Crippen molar-refractivity contribution in [2.24, 2.45) is 4.99 Å². The lowest BCUT2D eigenvalue weighted by molar-refractivity contribution is -0.384. The van der Waals surface area contributed by atoms with Gasteiger partial charge in [-0.2, -0.15) is 0 Å². The molecular weight excluding hydrogens is 384 g/mol. The zero-order valence-electron chi connectivity index (χ0n) is 17.8. The molecule has 0 aromatic heterocycles. The number of nitrogens with one attached hydrogen (secondary N) is 2. The molecule has 162 valence electrons. The van der Waals surface area contributed by atoms with Crippen molar-refractivity contribution in [3.05, 3.63) is 69.3 Å². The quantitative estimate of drug-likeness (QED) is 0.192. The van der Waals surface area contributed by atoms with Crippen molar-refractivity contribution in [3.63, 3.8) is 0 Å². The molecule has 2 N–H and O–H groups in total. The Morgan fingerprint density at radius 2 is 1.90 bits per heavy atom. The fourth-order valence-corrected chi connectivity index (χ4v) is 2.74. The van der Waals surface area contributed by atoms with Crippen LogP contribution in [0.5, 0.6) is 5.75 Å². The number of guanidine groups is 1. The Labute approximate surface area is 177 Å². The monoisotopic (exact) mass is 414 g/mol. The Balaban J connectivity index is 2.01. The molecule has 0 aliphatic carbocycles. The number of rotatable bonds is 11. The number of nitro groups is 1. The standard InChI is InChI=1S/C22H30N4O4/c1-4-23-22(24-15-18-7-10-20(11-8-18)26(27)28)25-16-19-9-6-17(2)14-21(19)30-13-5-12-29-3/h6-11,14H,4-5,12-13,15-16H2,1-3H3,(H2,23,24,25). The average Bonchev–Trinajstić information content (AvgIpc) is 2.74. The number of nitro benzene ring substituents is 1. The lowest BCUT2D eigenvalue weighted by Gasteiger charge is -2.15. The molecular formula is C22H30N4O4. The summed E-state index contributed by atoms with van der Waals surface area (Å²) in [6.07, 6.45) is 0.830. The van der Waals surface area contributed by atoms with E-state index in [2.05, 4.69) is 21.7 Å². The molecule has 0 heterocycles. The fraction of sp³-hybridized carbons (Fsp3) is 0.409. The number of aliphatic imine (C=N–C) groups is 1. The van der Waals surface area contributed by atoms with Gasteiger partial charge >= 0.3 is 0 Å². The molecule has 0 spiro atoms. The highest BCUT2D eigenvalue weighted by Crippen LogP contribution is 2.20. The lowest BCUT2D eigenvalue weighted by atomic mass is 10.1. The number of hydrogen-bond donors (Lipinski definition) is 2. The van der Waals surface area contributed by atoms with E-state index in [4.69, 9.17) is 9.47 Å². The molecule has 0 aliphatic rings. The van der Waals surface area contributed by atoms with Crippen molar-refractivity contribution in [2.45, 2.75) is 33.4 Å². The minimum Gasteiger partial charge on any atom is -0.493 e. The van der Waals surface area contributed by atoms with Crippen LogP contribution in [0.2, 0.25) is 0 Å². The third-order valence-electron chi connectivity index (χ3n) is 4.33. The Morgan fingerprint density at radius 1 is 1.13 bits per heavy atom. The highest BCUT2D eigenvalue weighted by atomic mass is 16.6. The maximum absolute atomic E-state index is 10.8. The molecule has 30 heavy (non-hydrogen) atoms. The Bertz CT molecular complexity index is 838. The van der Waals surface area contributed by atoms with Gasteiger partial charge in [0.25, 0.3) is 5.69 Å². The zero-order chi connectivity index (χ0) is 21.8. The predicted molar refractivity (Wildman–Crippen MR) is 118 cm³/mol. The second kappa shape index (κ2) is 12.4. The summed E-state index contributed by atoms with van der Waals surface area (Å²) in [5.74, 6) is 1.52. The van der Waals surface area contributed by atoms with Crippen LogP contribution in [0, 0.1) is 17.0 Å². The van der Waals surface area contributed by atoms with E-state index in [0.717, 1.165) is 35.4 Å². The molecule has 0 saturated carbocycles. The third kappa shape index (κ3) is 7.71. The van der Waals surface area contributed by atoms with Crippen LogP contribution in [0.3, 0.4) is 0 Å². The summed E-state index contributed by atoms with van der Waals surface area (Å²) >= 11 is 0. The van der Waals surface area contributed by atoms with Gasteiger partial charge in [-0.15, -0.1) is 0 Å². The number of aryl methyl sites for hydroxylation is 1. The van der Waals surface area contributed by atoms with E-state index < -0.39 is 4.92 Å². The molecule has 0 bridgehead atoms. The summed E-state index contributed by atoms with van der Waals surface area (Å²) in [6.45, 7) is 7.00. The summed E-state index contributed by atoms with van der Waals surface area (Å²) in [5.41, 5.74) is 3.15. The van der Waals surface area contributed by atoms with E-state index in [1.165, 1.54) is 12.1 Å². The van der Waals surface area contributed by atoms with Crippen molar-refractivity contribution in [1.29, 1.82) is 0 Å². The van der Waals surface area contributed by atoms with Crippen molar-refractivity contribution >= 4 is 11.6 Å². The smallest absolute Gasteiger partial charge is 0.269 e. The molecule has 0 saturated heterocycles. The first-order valence-electron chi connectivity index (χ1n) is 10.00. The first-order valence-corrected chi connectivity index (χ1v) is 10.00. The zero-order valence-corrected chi connectivity index (χ0v) is 17.8. The molecule has 0 fully saturated rings. The normalized spacial score (nSPS) is 11.2. The van der Waals surface area contributed by atoms with Gasteiger partial charge in [0, 0.05) is 50.9 Å². The first-order chi connectivity index (χ1) is 14.5. The van der Waals surface area contributed by atoms with Gasteiger partial charge in [0.1, 0.15) is 5.75 Å². The van der Waals surface area contributed by atoms with E-state index in [9.17, 15) is 10.1 Å². The van der Waals surface area contributed by atoms with Gasteiger partial charge in [0.15, 0.2) is 5.96 Å². The predicted octanol–water partition coefficient (Wildman–Crippen LogP) is 3.57. The summed E-state index contributed by atoms with van der Waals surface area (Å²) < 4.78 is 11.0. The minimum atomic E-state index is -0.408. The highest BCUT2D eigenvalue weighted by molar-refractivity contribution is 5.79. The van der Waals surface area contributed by atoms with E-state index in [1.807, 2.05) is 26.0 Å². The topological polar surface area (TPSA) is 98.0 Å². The number of benzene rings is 2.